The van der Waals surface area contributed by atoms with Gasteiger partial charge in [0.15, 0.2) is 0 Å². The molecule has 0 spiro atoms. The molecule has 0 aromatic heterocycles. The van der Waals surface area contributed by atoms with Gasteiger partial charge in [-0.05, 0) is 29.8 Å². The standard InChI is InChI=1S/C21H21FN2O5/c1-28-15-6-7-16(19(11-15)29-2)17-12-18(13-4-3-5-14(22)10-13)24(23-17)20(25)8-9-21(26)27/h3-7,10-11,18H,8-9,12H2,1-2H3,(H,26,27)/t18-/m1/s1. The molecule has 1 aliphatic rings. The number of carbonyl (C=O) groups is 2. The third-order valence-corrected chi connectivity index (χ3v) is 4.67. The minimum Gasteiger partial charge on any atom is -0.497 e. The fourth-order valence-electron chi connectivity index (χ4n) is 3.24. The Balaban J connectivity index is 1.97. The molecule has 0 aliphatic carbocycles. The lowest BCUT2D eigenvalue weighted by Gasteiger charge is -2.22. The Kier molecular flexibility index (Phi) is 6.11. The van der Waals surface area contributed by atoms with Gasteiger partial charge in [-0.25, -0.2) is 9.40 Å². The van der Waals surface area contributed by atoms with Crippen molar-refractivity contribution in [2.45, 2.75) is 25.3 Å². The van der Waals surface area contributed by atoms with Crippen LogP contribution >= 0.6 is 0 Å². The number of ether oxygens (including phenoxy) is 2. The second kappa shape index (κ2) is 8.72. The van der Waals surface area contributed by atoms with Gasteiger partial charge in [0.25, 0.3) is 0 Å². The fourth-order valence-corrected chi connectivity index (χ4v) is 3.24. The van der Waals surface area contributed by atoms with E-state index in [0.29, 0.717) is 34.8 Å². The van der Waals surface area contributed by atoms with Crippen molar-refractivity contribution < 1.29 is 28.6 Å². The molecule has 2 aromatic rings. The second-order valence-corrected chi connectivity index (χ2v) is 6.52. The Morgan fingerprint density at radius 3 is 2.62 bits per heavy atom. The molecule has 3 rings (SSSR count). The molecule has 8 heteroatoms. The van der Waals surface area contributed by atoms with E-state index in [0.717, 1.165) is 0 Å². The van der Waals surface area contributed by atoms with Crippen LogP contribution in [0.3, 0.4) is 0 Å². The van der Waals surface area contributed by atoms with Crippen LogP contribution in [0.2, 0.25) is 0 Å². The minimum atomic E-state index is -1.07. The van der Waals surface area contributed by atoms with Gasteiger partial charge in [-0.1, -0.05) is 12.1 Å². The first-order valence-electron chi connectivity index (χ1n) is 9.02. The number of carbonyl (C=O) groups excluding carboxylic acids is 1. The van der Waals surface area contributed by atoms with Gasteiger partial charge in [0.2, 0.25) is 5.91 Å². The summed E-state index contributed by atoms with van der Waals surface area (Å²) in [6.45, 7) is 0. The summed E-state index contributed by atoms with van der Waals surface area (Å²) in [6.07, 6.45) is -0.162. The lowest BCUT2D eigenvalue weighted by atomic mass is 9.97. The SMILES string of the molecule is COc1ccc(C2=NN(C(=O)CCC(=O)O)[C@@H](c3cccc(F)c3)C2)c(OC)c1. The topological polar surface area (TPSA) is 88.4 Å². The number of amides is 1. The number of carboxylic acids is 1. The largest absolute Gasteiger partial charge is 0.497 e. The molecule has 0 radical (unpaired) electrons. The zero-order valence-corrected chi connectivity index (χ0v) is 16.1. The van der Waals surface area contributed by atoms with Crippen molar-refractivity contribution >= 4 is 17.6 Å². The first kappa shape index (κ1) is 20.3. The van der Waals surface area contributed by atoms with Crippen LogP contribution in [0.25, 0.3) is 0 Å². The van der Waals surface area contributed by atoms with Crippen LogP contribution in [-0.2, 0) is 9.59 Å². The van der Waals surface area contributed by atoms with Crippen molar-refractivity contribution in [3.63, 3.8) is 0 Å². The Hall–Kier alpha value is -3.42. The highest BCUT2D eigenvalue weighted by Crippen LogP contribution is 2.36. The molecule has 2 aromatic carbocycles. The summed E-state index contributed by atoms with van der Waals surface area (Å²) in [5, 5.41) is 14.6. The molecule has 1 amide bonds. The van der Waals surface area contributed by atoms with Gasteiger partial charge in [-0.3, -0.25) is 9.59 Å². The number of hydrogen-bond acceptors (Lipinski definition) is 5. The van der Waals surface area contributed by atoms with Crippen molar-refractivity contribution in [2.75, 3.05) is 14.2 Å². The number of aliphatic carboxylic acids is 1. The number of hydrazone groups is 1. The predicted octanol–water partition coefficient (Wildman–Crippen LogP) is 3.39. The Labute approximate surface area is 167 Å². The molecule has 0 saturated carbocycles. The number of halogens is 1. The molecule has 0 fully saturated rings. The van der Waals surface area contributed by atoms with Crippen molar-refractivity contribution in [3.8, 4) is 11.5 Å². The molecule has 1 heterocycles. The number of nitrogens with zero attached hydrogens (tertiary/aromatic N) is 2. The number of methoxy groups -OCH3 is 2. The Morgan fingerprint density at radius 1 is 1.17 bits per heavy atom. The van der Waals surface area contributed by atoms with E-state index in [9.17, 15) is 14.0 Å². The van der Waals surface area contributed by atoms with Gasteiger partial charge in [0.05, 0.1) is 32.4 Å². The van der Waals surface area contributed by atoms with Gasteiger partial charge >= 0.3 is 5.97 Å². The average Bonchev–Trinajstić information content (AvgIpc) is 3.16. The molecule has 152 valence electrons. The van der Waals surface area contributed by atoms with Gasteiger partial charge < -0.3 is 14.6 Å². The average molecular weight is 400 g/mol. The van der Waals surface area contributed by atoms with Crippen LogP contribution in [0, 0.1) is 5.82 Å². The predicted molar refractivity (Wildman–Crippen MR) is 104 cm³/mol. The number of benzene rings is 2. The van der Waals surface area contributed by atoms with Gasteiger partial charge in [0, 0.05) is 24.5 Å². The maximum Gasteiger partial charge on any atom is 0.303 e. The summed E-state index contributed by atoms with van der Waals surface area (Å²) < 4.78 is 24.4. The van der Waals surface area contributed by atoms with E-state index in [1.165, 1.54) is 24.3 Å². The number of hydrogen-bond donors (Lipinski definition) is 1. The monoisotopic (exact) mass is 400 g/mol. The lowest BCUT2D eigenvalue weighted by Crippen LogP contribution is -2.27. The quantitative estimate of drug-likeness (QED) is 0.770. The van der Waals surface area contributed by atoms with E-state index in [4.69, 9.17) is 14.6 Å². The molecule has 1 N–H and O–H groups in total. The highest BCUT2D eigenvalue weighted by molar-refractivity contribution is 6.05. The Bertz CT molecular complexity index is 960. The highest BCUT2D eigenvalue weighted by atomic mass is 19.1. The van der Waals surface area contributed by atoms with E-state index in [2.05, 4.69) is 5.10 Å². The molecule has 0 unspecified atom stereocenters. The summed E-state index contributed by atoms with van der Waals surface area (Å²) in [6, 6.07) is 10.7. The minimum absolute atomic E-state index is 0.197. The van der Waals surface area contributed by atoms with Crippen LogP contribution in [0.1, 0.15) is 36.4 Å². The van der Waals surface area contributed by atoms with Crippen molar-refractivity contribution in [2.24, 2.45) is 5.10 Å². The van der Waals surface area contributed by atoms with Gasteiger partial charge in [-0.15, -0.1) is 0 Å². The zero-order valence-electron chi connectivity index (χ0n) is 16.1. The van der Waals surface area contributed by atoms with Crippen LogP contribution in [0.4, 0.5) is 4.39 Å². The molecule has 7 nitrogen and oxygen atoms in total. The normalized spacial score (nSPS) is 15.8. The van der Waals surface area contributed by atoms with Crippen LogP contribution in [0.15, 0.2) is 47.6 Å². The zero-order chi connectivity index (χ0) is 21.0. The summed E-state index contributed by atoms with van der Waals surface area (Å²) >= 11 is 0. The molecule has 29 heavy (non-hydrogen) atoms. The van der Waals surface area contributed by atoms with E-state index >= 15 is 0 Å². The molecule has 0 bridgehead atoms. The summed E-state index contributed by atoms with van der Waals surface area (Å²) in [5.41, 5.74) is 1.85. The van der Waals surface area contributed by atoms with Crippen molar-refractivity contribution in [3.05, 3.63) is 59.4 Å². The van der Waals surface area contributed by atoms with E-state index < -0.39 is 23.7 Å². The van der Waals surface area contributed by atoms with Gasteiger partial charge in [-0.2, -0.15) is 5.10 Å². The maximum absolute atomic E-state index is 13.8. The van der Waals surface area contributed by atoms with E-state index in [-0.39, 0.29) is 12.8 Å². The molecule has 1 aliphatic heterocycles. The van der Waals surface area contributed by atoms with Gasteiger partial charge in [0.1, 0.15) is 17.3 Å². The van der Waals surface area contributed by atoms with Crippen LogP contribution < -0.4 is 9.47 Å². The third kappa shape index (κ3) is 4.53. The van der Waals surface area contributed by atoms with Crippen LogP contribution in [-0.4, -0.2) is 41.9 Å². The summed E-state index contributed by atoms with van der Waals surface area (Å²) in [7, 11) is 3.07. The summed E-state index contributed by atoms with van der Waals surface area (Å²) in [4.78, 5) is 23.5. The van der Waals surface area contributed by atoms with Crippen molar-refractivity contribution in [1.29, 1.82) is 0 Å². The highest BCUT2D eigenvalue weighted by Gasteiger charge is 2.34. The second-order valence-electron chi connectivity index (χ2n) is 6.52. The van der Waals surface area contributed by atoms with Crippen molar-refractivity contribution in [1.82, 2.24) is 5.01 Å². The number of rotatable bonds is 7. The Morgan fingerprint density at radius 2 is 1.97 bits per heavy atom. The molecule has 1 atom stereocenters. The van der Waals surface area contributed by atoms with Crippen LogP contribution in [0.5, 0.6) is 11.5 Å². The van der Waals surface area contributed by atoms with E-state index in [1.807, 2.05) is 0 Å². The molecule has 0 saturated heterocycles. The lowest BCUT2D eigenvalue weighted by molar-refractivity contribution is -0.141. The first-order chi connectivity index (χ1) is 13.9. The molecular formula is C21H21FN2O5. The van der Waals surface area contributed by atoms with E-state index in [1.54, 1.807) is 37.4 Å². The summed E-state index contributed by atoms with van der Waals surface area (Å²) in [5.74, 6) is -0.790. The first-order valence-corrected chi connectivity index (χ1v) is 9.02. The fraction of sp³-hybridized carbons (Fsp3) is 0.286. The maximum atomic E-state index is 13.8. The molecular weight excluding hydrogens is 379 g/mol. The number of carboxylic acid groups (broad SMARTS) is 1. The third-order valence-electron chi connectivity index (χ3n) is 4.67. The smallest absolute Gasteiger partial charge is 0.303 e.